The molecule has 1 amide bonds. The van der Waals surface area contributed by atoms with Gasteiger partial charge < -0.3 is 15.0 Å². The van der Waals surface area contributed by atoms with E-state index in [0.717, 1.165) is 41.9 Å². The molecule has 156 valence electrons. The smallest absolute Gasteiger partial charge is 0.244 e. The average Bonchev–Trinajstić information content (AvgIpc) is 2.75. The first-order valence-electron chi connectivity index (χ1n) is 9.46. The predicted molar refractivity (Wildman–Crippen MR) is 110 cm³/mol. The van der Waals surface area contributed by atoms with Crippen LogP contribution in [0.1, 0.15) is 18.5 Å². The Morgan fingerprint density at radius 1 is 1.24 bits per heavy atom. The molecule has 3 rings (SSSR count). The van der Waals surface area contributed by atoms with Crippen LogP contribution in [0, 0.1) is 0 Å². The van der Waals surface area contributed by atoms with E-state index < -0.39 is 10.0 Å². The third-order valence-electron chi connectivity index (χ3n) is 4.86. The number of hydrogen-bond acceptors (Lipinski definition) is 6. The summed E-state index contributed by atoms with van der Waals surface area (Å²) in [5, 5.41) is 2.86. The molecule has 1 atom stereocenters. The molecule has 1 aliphatic rings. The summed E-state index contributed by atoms with van der Waals surface area (Å²) in [6.07, 6.45) is 2.76. The molecule has 29 heavy (non-hydrogen) atoms. The van der Waals surface area contributed by atoms with E-state index >= 15 is 0 Å². The Morgan fingerprint density at radius 3 is 2.55 bits per heavy atom. The number of carbonyl (C=O) groups is 1. The van der Waals surface area contributed by atoms with Gasteiger partial charge in [-0.2, -0.15) is 4.31 Å². The lowest BCUT2D eigenvalue weighted by molar-refractivity contribution is -0.121. The number of aromatic nitrogens is 1. The molecule has 9 heteroatoms. The minimum atomic E-state index is -3.76. The standard InChI is InChI=1S/C20H26N4O4S/c1-16(17-5-7-18(8-6-17)24-10-12-28-13-11-24)22-20(25)15-23(2)29(26,27)19-4-3-9-21-14-19/h3-9,14,16H,10-13,15H2,1-2H3,(H,22,25). The maximum Gasteiger partial charge on any atom is 0.244 e. The molecule has 2 aromatic rings. The number of rotatable bonds is 7. The normalized spacial score (nSPS) is 15.9. The molecule has 2 heterocycles. The average molecular weight is 419 g/mol. The number of sulfonamides is 1. The Morgan fingerprint density at radius 2 is 1.93 bits per heavy atom. The lowest BCUT2D eigenvalue weighted by atomic mass is 10.1. The Balaban J connectivity index is 1.57. The molecule has 1 aromatic carbocycles. The lowest BCUT2D eigenvalue weighted by Crippen LogP contribution is -2.39. The van der Waals surface area contributed by atoms with Crippen LogP contribution in [0.3, 0.4) is 0 Å². The first kappa shape index (κ1) is 21.2. The fourth-order valence-electron chi connectivity index (χ4n) is 3.13. The Hall–Kier alpha value is -2.49. The summed E-state index contributed by atoms with van der Waals surface area (Å²) in [5.74, 6) is -0.371. The van der Waals surface area contributed by atoms with Gasteiger partial charge >= 0.3 is 0 Å². The molecular formula is C20H26N4O4S. The molecule has 1 N–H and O–H groups in total. The van der Waals surface area contributed by atoms with Crippen molar-refractivity contribution in [1.82, 2.24) is 14.6 Å². The summed E-state index contributed by atoms with van der Waals surface area (Å²) in [7, 11) is -2.38. The van der Waals surface area contributed by atoms with Crippen LogP contribution in [-0.4, -0.2) is 63.5 Å². The summed E-state index contributed by atoms with van der Waals surface area (Å²) in [6, 6.07) is 10.8. The second kappa shape index (κ2) is 9.34. The third-order valence-corrected chi connectivity index (χ3v) is 6.64. The molecule has 0 spiro atoms. The highest BCUT2D eigenvalue weighted by molar-refractivity contribution is 7.89. The van der Waals surface area contributed by atoms with Gasteiger partial charge in [0.05, 0.1) is 25.8 Å². The van der Waals surface area contributed by atoms with Crippen molar-refractivity contribution in [3.05, 3.63) is 54.4 Å². The highest BCUT2D eigenvalue weighted by atomic mass is 32.2. The fourth-order valence-corrected chi connectivity index (χ4v) is 4.22. The van der Waals surface area contributed by atoms with E-state index in [1.807, 2.05) is 31.2 Å². The summed E-state index contributed by atoms with van der Waals surface area (Å²) in [4.78, 5) is 18.5. The van der Waals surface area contributed by atoms with Gasteiger partial charge in [-0.25, -0.2) is 8.42 Å². The lowest BCUT2D eigenvalue weighted by Gasteiger charge is -2.29. The molecular weight excluding hydrogens is 392 g/mol. The first-order valence-corrected chi connectivity index (χ1v) is 10.9. The van der Waals surface area contributed by atoms with Crippen LogP contribution in [0.15, 0.2) is 53.7 Å². The molecule has 0 saturated carbocycles. The van der Waals surface area contributed by atoms with Crippen molar-refractivity contribution in [3.8, 4) is 0 Å². The molecule has 1 saturated heterocycles. The number of nitrogens with zero attached hydrogens (tertiary/aromatic N) is 3. The SMILES string of the molecule is CC(NC(=O)CN(C)S(=O)(=O)c1cccnc1)c1ccc(N2CCOCC2)cc1. The monoisotopic (exact) mass is 418 g/mol. The summed E-state index contributed by atoms with van der Waals surface area (Å²) in [6.45, 7) is 4.78. The minimum Gasteiger partial charge on any atom is -0.378 e. The number of nitrogens with one attached hydrogen (secondary N) is 1. The molecule has 1 aromatic heterocycles. The fraction of sp³-hybridized carbons (Fsp3) is 0.400. The predicted octanol–water partition coefficient (Wildman–Crippen LogP) is 1.42. The molecule has 1 fully saturated rings. The summed E-state index contributed by atoms with van der Waals surface area (Å²) < 4.78 is 31.4. The number of pyridine rings is 1. The number of likely N-dealkylation sites (N-methyl/N-ethyl adjacent to an activating group) is 1. The van der Waals surface area contributed by atoms with Gasteiger partial charge in [0.25, 0.3) is 0 Å². The van der Waals surface area contributed by atoms with Crippen LogP contribution >= 0.6 is 0 Å². The molecule has 0 bridgehead atoms. The Kier molecular flexibility index (Phi) is 6.83. The quantitative estimate of drug-likeness (QED) is 0.731. The van der Waals surface area contributed by atoms with E-state index in [4.69, 9.17) is 4.74 Å². The number of amides is 1. The van der Waals surface area contributed by atoms with Crippen molar-refractivity contribution < 1.29 is 17.9 Å². The van der Waals surface area contributed by atoms with E-state index in [1.54, 1.807) is 6.07 Å². The zero-order valence-corrected chi connectivity index (χ0v) is 17.4. The van der Waals surface area contributed by atoms with Crippen molar-refractivity contribution in [2.75, 3.05) is 44.8 Å². The van der Waals surface area contributed by atoms with Crippen LogP contribution in [0.5, 0.6) is 0 Å². The van der Waals surface area contributed by atoms with Crippen LogP contribution in [0.25, 0.3) is 0 Å². The van der Waals surface area contributed by atoms with E-state index in [9.17, 15) is 13.2 Å². The van der Waals surface area contributed by atoms with E-state index in [0.29, 0.717) is 0 Å². The van der Waals surface area contributed by atoms with Gasteiger partial charge in [0.15, 0.2) is 0 Å². The van der Waals surface area contributed by atoms with Gasteiger partial charge in [-0.3, -0.25) is 9.78 Å². The second-order valence-electron chi connectivity index (χ2n) is 6.93. The minimum absolute atomic E-state index is 0.0575. The van der Waals surface area contributed by atoms with Crippen LogP contribution in [-0.2, 0) is 19.6 Å². The number of morpholine rings is 1. The Labute approximate surface area is 171 Å². The van der Waals surface area contributed by atoms with Crippen LogP contribution < -0.4 is 10.2 Å². The molecule has 1 unspecified atom stereocenters. The van der Waals surface area contributed by atoms with Crippen LogP contribution in [0.4, 0.5) is 5.69 Å². The summed E-state index contributed by atoms with van der Waals surface area (Å²) in [5.41, 5.74) is 2.08. The van der Waals surface area contributed by atoms with Gasteiger partial charge in [0, 0.05) is 38.2 Å². The maximum atomic E-state index is 12.5. The topological polar surface area (TPSA) is 91.8 Å². The number of benzene rings is 1. The molecule has 1 aliphatic heterocycles. The number of hydrogen-bond donors (Lipinski definition) is 1. The molecule has 0 radical (unpaired) electrons. The van der Waals surface area contributed by atoms with Gasteiger partial charge in [-0.05, 0) is 36.8 Å². The van der Waals surface area contributed by atoms with Crippen molar-refractivity contribution in [1.29, 1.82) is 0 Å². The van der Waals surface area contributed by atoms with Gasteiger partial charge in [-0.1, -0.05) is 12.1 Å². The van der Waals surface area contributed by atoms with Crippen LogP contribution in [0.2, 0.25) is 0 Å². The molecule has 0 aliphatic carbocycles. The Bertz CT molecular complexity index is 913. The number of ether oxygens (including phenoxy) is 1. The maximum absolute atomic E-state index is 12.5. The summed E-state index contributed by atoms with van der Waals surface area (Å²) >= 11 is 0. The van der Waals surface area contributed by atoms with E-state index in [2.05, 4.69) is 15.2 Å². The molecule has 8 nitrogen and oxygen atoms in total. The van der Waals surface area contributed by atoms with Crippen molar-refractivity contribution in [2.45, 2.75) is 17.9 Å². The number of carbonyl (C=O) groups excluding carboxylic acids is 1. The van der Waals surface area contributed by atoms with Gasteiger partial charge in [-0.15, -0.1) is 0 Å². The van der Waals surface area contributed by atoms with Gasteiger partial charge in [0.1, 0.15) is 4.90 Å². The second-order valence-corrected chi connectivity index (χ2v) is 8.97. The zero-order valence-electron chi connectivity index (χ0n) is 16.6. The third kappa shape index (κ3) is 5.31. The highest BCUT2D eigenvalue weighted by Gasteiger charge is 2.23. The highest BCUT2D eigenvalue weighted by Crippen LogP contribution is 2.20. The van der Waals surface area contributed by atoms with E-state index in [-0.39, 0.29) is 23.4 Å². The van der Waals surface area contributed by atoms with Crippen molar-refractivity contribution in [2.24, 2.45) is 0 Å². The largest absolute Gasteiger partial charge is 0.378 e. The van der Waals surface area contributed by atoms with Crippen molar-refractivity contribution >= 4 is 21.6 Å². The van der Waals surface area contributed by atoms with E-state index in [1.165, 1.54) is 25.5 Å². The van der Waals surface area contributed by atoms with Gasteiger partial charge in [0.2, 0.25) is 15.9 Å². The number of anilines is 1. The zero-order chi connectivity index (χ0) is 20.9. The first-order chi connectivity index (χ1) is 13.9. The van der Waals surface area contributed by atoms with Crippen molar-refractivity contribution in [3.63, 3.8) is 0 Å².